The molecule has 9 heteroatoms. The SMILES string of the molecule is CC[C@@H](O)[C@@H](N)c1cc(C(F)(F)F)cc(C(F)(F)F)c1.Cl. The fraction of sp³-hybridized carbons (Fsp3) is 0.500. The van der Waals surface area contributed by atoms with Gasteiger partial charge in [-0.3, -0.25) is 0 Å². The normalized spacial score (nSPS) is 15.3. The quantitative estimate of drug-likeness (QED) is 0.821. The van der Waals surface area contributed by atoms with Gasteiger partial charge in [0.25, 0.3) is 0 Å². The van der Waals surface area contributed by atoms with Gasteiger partial charge in [-0.05, 0) is 30.2 Å². The van der Waals surface area contributed by atoms with Crippen molar-refractivity contribution in [3.8, 4) is 0 Å². The number of nitrogens with two attached hydrogens (primary N) is 1. The van der Waals surface area contributed by atoms with Crippen molar-refractivity contribution in [2.24, 2.45) is 5.73 Å². The average Bonchev–Trinajstić information content (AvgIpc) is 2.34. The van der Waals surface area contributed by atoms with Crippen LogP contribution in [0.3, 0.4) is 0 Å². The lowest BCUT2D eigenvalue weighted by atomic mass is 9.96. The standard InChI is InChI=1S/C12H13F6NO.ClH/c1-2-9(20)10(19)6-3-7(11(13,14)15)5-8(4-6)12(16,17)18;/h3-5,9-10,20H,2,19H2,1H3;1H/t9-,10+;/m1./s1. The highest BCUT2D eigenvalue weighted by molar-refractivity contribution is 5.85. The van der Waals surface area contributed by atoms with E-state index < -0.39 is 41.2 Å². The second-order valence-electron chi connectivity index (χ2n) is 4.34. The van der Waals surface area contributed by atoms with Crippen LogP contribution >= 0.6 is 12.4 Å². The summed E-state index contributed by atoms with van der Waals surface area (Å²) in [5.41, 5.74) is 2.20. The van der Waals surface area contributed by atoms with Crippen LogP contribution in [-0.4, -0.2) is 11.2 Å². The zero-order valence-electron chi connectivity index (χ0n) is 10.8. The molecule has 0 saturated carbocycles. The molecule has 0 aliphatic carbocycles. The Morgan fingerprint density at radius 2 is 1.38 bits per heavy atom. The van der Waals surface area contributed by atoms with Crippen LogP contribution in [-0.2, 0) is 12.4 Å². The van der Waals surface area contributed by atoms with Crippen LogP contribution in [0.5, 0.6) is 0 Å². The molecule has 2 nitrogen and oxygen atoms in total. The molecule has 21 heavy (non-hydrogen) atoms. The third kappa shape index (κ3) is 5.05. The summed E-state index contributed by atoms with van der Waals surface area (Å²) in [5.74, 6) is 0. The number of aliphatic hydroxyl groups excluding tert-OH is 1. The van der Waals surface area contributed by atoms with E-state index in [0.29, 0.717) is 12.1 Å². The molecule has 1 aromatic carbocycles. The Bertz CT molecular complexity index is 442. The van der Waals surface area contributed by atoms with Gasteiger partial charge in [0.05, 0.1) is 23.3 Å². The lowest BCUT2D eigenvalue weighted by Gasteiger charge is -2.21. The van der Waals surface area contributed by atoms with E-state index in [2.05, 4.69) is 0 Å². The summed E-state index contributed by atoms with van der Waals surface area (Å²) in [6.07, 6.45) is -11.0. The molecular formula is C12H14ClF6NO. The van der Waals surface area contributed by atoms with Gasteiger partial charge in [0.15, 0.2) is 0 Å². The van der Waals surface area contributed by atoms with Gasteiger partial charge in [-0.25, -0.2) is 0 Å². The van der Waals surface area contributed by atoms with Crippen LogP contribution in [0.15, 0.2) is 18.2 Å². The highest BCUT2D eigenvalue weighted by Crippen LogP contribution is 2.37. The number of alkyl halides is 6. The Balaban J connectivity index is 0.00000400. The first kappa shape index (κ1) is 20.0. The molecule has 0 unspecified atom stereocenters. The van der Waals surface area contributed by atoms with E-state index in [-0.39, 0.29) is 24.9 Å². The van der Waals surface area contributed by atoms with E-state index in [1.165, 1.54) is 6.92 Å². The predicted octanol–water partition coefficient (Wildman–Crippen LogP) is 3.92. The Labute approximate surface area is 123 Å². The summed E-state index contributed by atoms with van der Waals surface area (Å²) in [7, 11) is 0. The smallest absolute Gasteiger partial charge is 0.391 e. The van der Waals surface area contributed by atoms with E-state index >= 15 is 0 Å². The summed E-state index contributed by atoms with van der Waals surface area (Å²) < 4.78 is 75.7. The van der Waals surface area contributed by atoms with Crippen molar-refractivity contribution in [3.05, 3.63) is 34.9 Å². The van der Waals surface area contributed by atoms with E-state index in [1.54, 1.807) is 0 Å². The summed E-state index contributed by atoms with van der Waals surface area (Å²) in [4.78, 5) is 0. The maximum absolute atomic E-state index is 12.6. The van der Waals surface area contributed by atoms with E-state index in [4.69, 9.17) is 5.73 Å². The van der Waals surface area contributed by atoms with Crippen molar-refractivity contribution in [3.63, 3.8) is 0 Å². The lowest BCUT2D eigenvalue weighted by Crippen LogP contribution is -2.26. The number of rotatable bonds is 3. The zero-order valence-corrected chi connectivity index (χ0v) is 11.6. The molecule has 1 rings (SSSR count). The first-order valence-corrected chi connectivity index (χ1v) is 5.69. The first-order chi connectivity index (χ1) is 8.96. The third-order valence-electron chi connectivity index (χ3n) is 2.83. The van der Waals surface area contributed by atoms with Crippen molar-refractivity contribution in [1.82, 2.24) is 0 Å². The van der Waals surface area contributed by atoms with E-state index in [0.717, 1.165) is 0 Å². The molecule has 122 valence electrons. The molecule has 0 saturated heterocycles. The third-order valence-corrected chi connectivity index (χ3v) is 2.83. The predicted molar refractivity (Wildman–Crippen MR) is 66.9 cm³/mol. The van der Waals surface area contributed by atoms with Gasteiger partial charge in [0, 0.05) is 0 Å². The molecular weight excluding hydrogens is 324 g/mol. The minimum absolute atomic E-state index is 0. The number of halogens is 7. The van der Waals surface area contributed by atoms with E-state index in [9.17, 15) is 31.4 Å². The van der Waals surface area contributed by atoms with Gasteiger partial charge >= 0.3 is 12.4 Å². The first-order valence-electron chi connectivity index (χ1n) is 5.69. The fourth-order valence-electron chi connectivity index (χ4n) is 1.65. The van der Waals surface area contributed by atoms with Crippen molar-refractivity contribution in [2.75, 3.05) is 0 Å². The van der Waals surface area contributed by atoms with Gasteiger partial charge in [-0.15, -0.1) is 12.4 Å². The van der Waals surface area contributed by atoms with E-state index in [1.807, 2.05) is 0 Å². The number of hydrogen-bond donors (Lipinski definition) is 2. The topological polar surface area (TPSA) is 46.2 Å². The number of benzene rings is 1. The van der Waals surface area contributed by atoms with Gasteiger partial charge in [0.2, 0.25) is 0 Å². The second kappa shape index (κ2) is 6.85. The van der Waals surface area contributed by atoms with Crippen LogP contribution < -0.4 is 5.73 Å². The van der Waals surface area contributed by atoms with Gasteiger partial charge < -0.3 is 10.8 Å². The second-order valence-corrected chi connectivity index (χ2v) is 4.34. The average molecular weight is 338 g/mol. The molecule has 0 radical (unpaired) electrons. The summed E-state index contributed by atoms with van der Waals surface area (Å²) >= 11 is 0. The number of aliphatic hydroxyl groups is 1. The molecule has 0 aromatic heterocycles. The molecule has 0 aliphatic rings. The minimum atomic E-state index is -4.92. The molecule has 0 fully saturated rings. The monoisotopic (exact) mass is 337 g/mol. The number of hydrogen-bond acceptors (Lipinski definition) is 2. The summed E-state index contributed by atoms with van der Waals surface area (Å²) in [5, 5.41) is 9.48. The largest absolute Gasteiger partial charge is 0.416 e. The molecule has 0 amide bonds. The van der Waals surface area contributed by atoms with Crippen LogP contribution in [0.2, 0.25) is 0 Å². The van der Waals surface area contributed by atoms with Crippen molar-refractivity contribution in [2.45, 2.75) is 37.8 Å². The van der Waals surface area contributed by atoms with Gasteiger partial charge in [0.1, 0.15) is 0 Å². The molecule has 0 spiro atoms. The van der Waals surface area contributed by atoms with Crippen LogP contribution in [0, 0.1) is 0 Å². The molecule has 0 aliphatic heterocycles. The zero-order chi connectivity index (χ0) is 15.7. The van der Waals surface area contributed by atoms with Crippen molar-refractivity contribution < 1.29 is 31.4 Å². The molecule has 2 atom stereocenters. The molecule has 0 heterocycles. The Kier molecular flexibility index (Phi) is 6.52. The summed E-state index contributed by atoms with van der Waals surface area (Å²) in [6.45, 7) is 1.52. The van der Waals surface area contributed by atoms with Gasteiger partial charge in [-0.1, -0.05) is 6.92 Å². The van der Waals surface area contributed by atoms with Crippen LogP contribution in [0.1, 0.15) is 36.1 Å². The lowest BCUT2D eigenvalue weighted by molar-refractivity contribution is -0.143. The van der Waals surface area contributed by atoms with Crippen LogP contribution in [0.25, 0.3) is 0 Å². The molecule has 3 N–H and O–H groups in total. The molecule has 1 aromatic rings. The van der Waals surface area contributed by atoms with Crippen molar-refractivity contribution >= 4 is 12.4 Å². The minimum Gasteiger partial charge on any atom is -0.391 e. The highest BCUT2D eigenvalue weighted by Gasteiger charge is 2.37. The van der Waals surface area contributed by atoms with Crippen LogP contribution in [0.4, 0.5) is 26.3 Å². The summed E-state index contributed by atoms with van der Waals surface area (Å²) in [6, 6.07) is -0.241. The highest BCUT2D eigenvalue weighted by atomic mass is 35.5. The fourth-order valence-corrected chi connectivity index (χ4v) is 1.65. The Morgan fingerprint density at radius 3 is 1.67 bits per heavy atom. The maximum atomic E-state index is 12.6. The van der Waals surface area contributed by atoms with Crippen molar-refractivity contribution in [1.29, 1.82) is 0 Å². The Hall–Kier alpha value is -0.990. The Morgan fingerprint density at radius 1 is 1.00 bits per heavy atom. The molecule has 0 bridgehead atoms. The van der Waals surface area contributed by atoms with Gasteiger partial charge in [-0.2, -0.15) is 26.3 Å². The maximum Gasteiger partial charge on any atom is 0.416 e.